The Labute approximate surface area is 119 Å². The van der Waals surface area contributed by atoms with Crippen molar-refractivity contribution in [3.05, 3.63) is 23.3 Å². The molecule has 4 heteroatoms. The first-order valence-electron chi connectivity index (χ1n) is 7.40. The lowest BCUT2D eigenvalue weighted by atomic mass is 10.1. The Kier molecular flexibility index (Phi) is 3.55. The highest BCUT2D eigenvalue weighted by molar-refractivity contribution is 5.80. The molecule has 1 aromatic carbocycles. The number of fused-ring (bicyclic) bond motifs is 1. The van der Waals surface area contributed by atoms with E-state index >= 15 is 0 Å². The van der Waals surface area contributed by atoms with Crippen LogP contribution in [-0.2, 0) is 17.8 Å². The molecule has 1 amide bonds. The third-order valence-electron chi connectivity index (χ3n) is 3.78. The summed E-state index contributed by atoms with van der Waals surface area (Å²) in [6.07, 6.45) is 3.18. The first kappa shape index (κ1) is 13.3. The molecule has 0 spiro atoms. The van der Waals surface area contributed by atoms with Gasteiger partial charge in [-0.25, -0.2) is 0 Å². The third kappa shape index (κ3) is 2.74. The molecule has 1 fully saturated rings. The normalized spacial score (nSPS) is 20.2. The van der Waals surface area contributed by atoms with Gasteiger partial charge in [-0.05, 0) is 38.8 Å². The maximum absolute atomic E-state index is 11.8. The molecule has 4 nitrogen and oxygen atoms in total. The highest BCUT2D eigenvalue weighted by Crippen LogP contribution is 2.35. The fourth-order valence-electron chi connectivity index (χ4n) is 2.58. The summed E-state index contributed by atoms with van der Waals surface area (Å²) >= 11 is 0. The highest BCUT2D eigenvalue weighted by atomic mass is 16.5. The van der Waals surface area contributed by atoms with E-state index < -0.39 is 0 Å². The second-order valence-electron chi connectivity index (χ2n) is 5.63. The van der Waals surface area contributed by atoms with Gasteiger partial charge in [-0.1, -0.05) is 0 Å². The van der Waals surface area contributed by atoms with E-state index in [2.05, 4.69) is 18.3 Å². The predicted octanol–water partition coefficient (Wildman–Crippen LogP) is 2.43. The monoisotopic (exact) mass is 275 g/mol. The van der Waals surface area contributed by atoms with Crippen molar-refractivity contribution in [2.45, 2.75) is 45.8 Å². The fourth-order valence-corrected chi connectivity index (χ4v) is 2.58. The summed E-state index contributed by atoms with van der Waals surface area (Å²) in [6, 6.07) is 4.07. The van der Waals surface area contributed by atoms with E-state index in [1.165, 1.54) is 5.56 Å². The minimum absolute atomic E-state index is 0.155. The smallest absolute Gasteiger partial charge is 0.223 e. The Balaban J connectivity index is 1.76. The molecule has 0 radical (unpaired) electrons. The SMILES string of the molecule is CCOc1cc2c(cc1CNC(=O)C1CC1)OC(C)C2. The van der Waals surface area contributed by atoms with Crippen molar-refractivity contribution in [3.63, 3.8) is 0 Å². The Bertz CT molecular complexity index is 523. The number of hydrogen-bond donors (Lipinski definition) is 1. The molecule has 0 saturated heterocycles. The van der Waals surface area contributed by atoms with Crippen LogP contribution in [0.2, 0.25) is 0 Å². The molecule has 0 aromatic heterocycles. The topological polar surface area (TPSA) is 47.6 Å². The molecule has 1 aliphatic carbocycles. The van der Waals surface area contributed by atoms with Crippen LogP contribution in [-0.4, -0.2) is 18.6 Å². The Morgan fingerprint density at radius 3 is 2.95 bits per heavy atom. The summed E-state index contributed by atoms with van der Waals surface area (Å²) in [4.78, 5) is 11.8. The minimum Gasteiger partial charge on any atom is -0.494 e. The number of rotatable bonds is 5. The summed E-state index contributed by atoms with van der Waals surface area (Å²) in [5.74, 6) is 2.18. The Morgan fingerprint density at radius 2 is 2.25 bits per heavy atom. The zero-order valence-electron chi connectivity index (χ0n) is 12.1. The van der Waals surface area contributed by atoms with Crippen LogP contribution >= 0.6 is 0 Å². The van der Waals surface area contributed by atoms with E-state index in [4.69, 9.17) is 9.47 Å². The maximum atomic E-state index is 11.8. The zero-order chi connectivity index (χ0) is 14.1. The quantitative estimate of drug-likeness (QED) is 0.898. The van der Waals surface area contributed by atoms with Crippen LogP contribution in [0.1, 0.15) is 37.8 Å². The molecule has 1 N–H and O–H groups in total. The van der Waals surface area contributed by atoms with Crippen molar-refractivity contribution in [1.29, 1.82) is 0 Å². The molecule has 1 saturated carbocycles. The van der Waals surface area contributed by atoms with E-state index in [9.17, 15) is 4.79 Å². The second-order valence-corrected chi connectivity index (χ2v) is 5.63. The first-order chi connectivity index (χ1) is 9.67. The van der Waals surface area contributed by atoms with Crippen LogP contribution in [0, 0.1) is 5.92 Å². The molecule has 1 unspecified atom stereocenters. The molecule has 1 heterocycles. The molecule has 2 aliphatic rings. The number of benzene rings is 1. The van der Waals surface area contributed by atoms with Gasteiger partial charge >= 0.3 is 0 Å². The average molecular weight is 275 g/mol. The van der Waals surface area contributed by atoms with Crippen molar-refractivity contribution in [2.24, 2.45) is 5.92 Å². The fraction of sp³-hybridized carbons (Fsp3) is 0.562. The third-order valence-corrected chi connectivity index (χ3v) is 3.78. The van der Waals surface area contributed by atoms with Gasteiger partial charge in [0.25, 0.3) is 0 Å². The second kappa shape index (κ2) is 5.35. The maximum Gasteiger partial charge on any atom is 0.223 e. The van der Waals surface area contributed by atoms with Crippen LogP contribution in [0.5, 0.6) is 11.5 Å². The number of hydrogen-bond acceptors (Lipinski definition) is 3. The Hall–Kier alpha value is -1.71. The van der Waals surface area contributed by atoms with Gasteiger partial charge in [-0.15, -0.1) is 0 Å². The lowest BCUT2D eigenvalue weighted by molar-refractivity contribution is -0.122. The predicted molar refractivity (Wildman–Crippen MR) is 76.0 cm³/mol. The lowest BCUT2D eigenvalue weighted by Gasteiger charge is -2.13. The van der Waals surface area contributed by atoms with Crippen molar-refractivity contribution in [3.8, 4) is 11.5 Å². The van der Waals surface area contributed by atoms with Crippen molar-refractivity contribution in [2.75, 3.05) is 6.61 Å². The molecular weight excluding hydrogens is 254 g/mol. The van der Waals surface area contributed by atoms with E-state index in [0.717, 1.165) is 36.3 Å². The molecule has 0 bridgehead atoms. The van der Waals surface area contributed by atoms with Gasteiger partial charge in [0.2, 0.25) is 5.91 Å². The summed E-state index contributed by atoms with van der Waals surface area (Å²) in [5, 5.41) is 2.99. The van der Waals surface area contributed by atoms with E-state index in [1.807, 2.05) is 13.0 Å². The number of amides is 1. The molecule has 3 rings (SSSR count). The first-order valence-corrected chi connectivity index (χ1v) is 7.40. The summed E-state index contributed by atoms with van der Waals surface area (Å²) in [5.41, 5.74) is 2.19. The number of nitrogens with one attached hydrogen (secondary N) is 1. The molecule has 1 aromatic rings. The minimum atomic E-state index is 0.155. The lowest BCUT2D eigenvalue weighted by Crippen LogP contribution is -2.24. The number of carbonyl (C=O) groups excluding carboxylic acids is 1. The van der Waals surface area contributed by atoms with E-state index in [0.29, 0.717) is 13.2 Å². The van der Waals surface area contributed by atoms with Gasteiger partial charge in [0.05, 0.1) is 6.61 Å². The molecule has 1 atom stereocenters. The highest BCUT2D eigenvalue weighted by Gasteiger charge is 2.29. The van der Waals surface area contributed by atoms with Crippen molar-refractivity contribution in [1.82, 2.24) is 5.32 Å². The number of ether oxygens (including phenoxy) is 2. The van der Waals surface area contributed by atoms with Crippen LogP contribution < -0.4 is 14.8 Å². The zero-order valence-corrected chi connectivity index (χ0v) is 12.1. The standard InChI is InChI=1S/C16H21NO3/c1-3-19-14-7-12-6-10(2)20-15(12)8-13(14)9-17-16(18)11-4-5-11/h7-8,10-11H,3-6,9H2,1-2H3,(H,17,18). The van der Waals surface area contributed by atoms with E-state index in [-0.39, 0.29) is 17.9 Å². The van der Waals surface area contributed by atoms with Gasteiger partial charge in [-0.3, -0.25) is 4.79 Å². The molecule has 20 heavy (non-hydrogen) atoms. The summed E-state index contributed by atoms with van der Waals surface area (Å²) in [7, 11) is 0. The van der Waals surface area contributed by atoms with Gasteiger partial charge in [0.1, 0.15) is 17.6 Å². The van der Waals surface area contributed by atoms with Gasteiger partial charge in [0, 0.05) is 30.0 Å². The summed E-state index contributed by atoms with van der Waals surface area (Å²) in [6.45, 7) is 5.17. The average Bonchev–Trinajstić information content (AvgIpc) is 3.19. The van der Waals surface area contributed by atoms with Crippen molar-refractivity contribution < 1.29 is 14.3 Å². The molecule has 108 valence electrons. The van der Waals surface area contributed by atoms with E-state index in [1.54, 1.807) is 0 Å². The van der Waals surface area contributed by atoms with Crippen LogP contribution in [0.4, 0.5) is 0 Å². The molecule has 1 aliphatic heterocycles. The van der Waals surface area contributed by atoms with Crippen LogP contribution in [0.3, 0.4) is 0 Å². The van der Waals surface area contributed by atoms with Crippen molar-refractivity contribution >= 4 is 5.91 Å². The number of carbonyl (C=O) groups is 1. The Morgan fingerprint density at radius 1 is 1.45 bits per heavy atom. The molecular formula is C16H21NO3. The van der Waals surface area contributed by atoms with Gasteiger partial charge in [-0.2, -0.15) is 0 Å². The summed E-state index contributed by atoms with van der Waals surface area (Å²) < 4.78 is 11.5. The van der Waals surface area contributed by atoms with Gasteiger partial charge < -0.3 is 14.8 Å². The van der Waals surface area contributed by atoms with Crippen LogP contribution in [0.15, 0.2) is 12.1 Å². The largest absolute Gasteiger partial charge is 0.494 e. The van der Waals surface area contributed by atoms with Crippen LogP contribution in [0.25, 0.3) is 0 Å². The van der Waals surface area contributed by atoms with Gasteiger partial charge in [0.15, 0.2) is 0 Å².